The van der Waals surface area contributed by atoms with Gasteiger partial charge in [-0.05, 0) is 36.7 Å². The van der Waals surface area contributed by atoms with Crippen molar-refractivity contribution in [3.8, 4) is 0 Å². The maximum atomic E-state index is 12.3. The fourth-order valence-corrected chi connectivity index (χ4v) is 4.17. The summed E-state index contributed by atoms with van der Waals surface area (Å²) >= 11 is 0. The summed E-state index contributed by atoms with van der Waals surface area (Å²) in [7, 11) is 0. The minimum Gasteiger partial charge on any atom is -0.349 e. The summed E-state index contributed by atoms with van der Waals surface area (Å²) in [5, 5.41) is 7.37. The van der Waals surface area contributed by atoms with Crippen LogP contribution in [0.1, 0.15) is 33.1 Å². The monoisotopic (exact) mass is 287 g/mol. The van der Waals surface area contributed by atoms with Crippen molar-refractivity contribution in [2.75, 3.05) is 11.4 Å². The van der Waals surface area contributed by atoms with E-state index in [2.05, 4.69) is 29.2 Å². The van der Waals surface area contributed by atoms with Crippen molar-refractivity contribution in [2.45, 2.75) is 45.2 Å². The molecule has 3 aliphatic carbocycles. The minimum atomic E-state index is 0.0770. The molecule has 6 heteroatoms. The van der Waals surface area contributed by atoms with Gasteiger partial charge in [0.1, 0.15) is 12.9 Å². The predicted octanol–water partition coefficient (Wildman–Crippen LogP) is 1.31. The van der Waals surface area contributed by atoms with Gasteiger partial charge in [0.25, 0.3) is 0 Å². The van der Waals surface area contributed by atoms with E-state index in [1.807, 2.05) is 17.2 Å². The Bertz CT molecular complexity index is 598. The summed E-state index contributed by atoms with van der Waals surface area (Å²) < 4.78 is 1.79. The summed E-state index contributed by atoms with van der Waals surface area (Å²) in [5.41, 5.74) is 0.604. The first-order valence-corrected chi connectivity index (χ1v) is 7.64. The third kappa shape index (κ3) is 1.81. The molecule has 6 nitrogen and oxygen atoms in total. The van der Waals surface area contributed by atoms with E-state index in [1.165, 1.54) is 6.33 Å². The number of carbonyl (C=O) groups is 1. The molecule has 1 aromatic rings. The second-order valence-electron chi connectivity index (χ2n) is 7.13. The van der Waals surface area contributed by atoms with Crippen molar-refractivity contribution in [1.82, 2.24) is 20.1 Å². The van der Waals surface area contributed by atoms with Gasteiger partial charge in [-0.3, -0.25) is 4.79 Å². The Morgan fingerprint density at radius 3 is 2.90 bits per heavy atom. The molecule has 0 aromatic carbocycles. The van der Waals surface area contributed by atoms with E-state index in [0.717, 1.165) is 31.1 Å². The molecule has 112 valence electrons. The van der Waals surface area contributed by atoms with Crippen molar-refractivity contribution in [3.63, 3.8) is 0 Å². The molecule has 1 amide bonds. The zero-order valence-electron chi connectivity index (χ0n) is 12.5. The van der Waals surface area contributed by atoms with Crippen LogP contribution in [0, 0.1) is 11.3 Å². The van der Waals surface area contributed by atoms with Crippen molar-refractivity contribution in [1.29, 1.82) is 0 Å². The van der Waals surface area contributed by atoms with Crippen LogP contribution in [0.5, 0.6) is 0 Å². The van der Waals surface area contributed by atoms with Crippen LogP contribution in [0.3, 0.4) is 0 Å². The Hall–Kier alpha value is -1.85. The number of nitrogens with one attached hydrogen (secondary N) is 1. The summed E-state index contributed by atoms with van der Waals surface area (Å²) in [4.78, 5) is 18.4. The highest BCUT2D eigenvalue weighted by atomic mass is 16.2. The lowest BCUT2D eigenvalue weighted by Gasteiger charge is -2.72. The van der Waals surface area contributed by atoms with Crippen LogP contribution in [-0.4, -0.2) is 32.8 Å². The standard InChI is InChI=1S/C15H21N5O/c1-11(2)14-7-15(8-14,9-14)18-12(21)6-19-4-3-5-20-13(19)16-10-17-20/h3-4,10-11H,5-9H2,1-2H3,(H,18,21). The molecule has 2 heterocycles. The summed E-state index contributed by atoms with van der Waals surface area (Å²) in [5.74, 6) is 1.54. The van der Waals surface area contributed by atoms with E-state index < -0.39 is 0 Å². The lowest BCUT2D eigenvalue weighted by Crippen LogP contribution is -2.76. The number of carbonyl (C=O) groups excluding carboxylic acids is 1. The van der Waals surface area contributed by atoms with Crippen LogP contribution in [0.25, 0.3) is 0 Å². The van der Waals surface area contributed by atoms with Gasteiger partial charge in [-0.25, -0.2) is 4.68 Å². The Kier molecular flexibility index (Phi) is 2.50. The third-order valence-corrected chi connectivity index (χ3v) is 5.43. The van der Waals surface area contributed by atoms with Crippen LogP contribution >= 0.6 is 0 Å². The molecule has 0 atom stereocenters. The molecule has 21 heavy (non-hydrogen) atoms. The largest absolute Gasteiger partial charge is 0.349 e. The first kappa shape index (κ1) is 12.9. The van der Waals surface area contributed by atoms with Crippen molar-refractivity contribution < 1.29 is 4.79 Å². The topological polar surface area (TPSA) is 63.1 Å². The fourth-order valence-electron chi connectivity index (χ4n) is 4.17. The number of amides is 1. The Morgan fingerprint density at radius 2 is 2.19 bits per heavy atom. The molecule has 1 aliphatic heterocycles. The molecule has 0 spiro atoms. The molecule has 4 aliphatic rings. The zero-order valence-corrected chi connectivity index (χ0v) is 12.5. The number of anilines is 1. The molecular weight excluding hydrogens is 266 g/mol. The van der Waals surface area contributed by atoms with Gasteiger partial charge in [-0.15, -0.1) is 0 Å². The molecule has 0 saturated heterocycles. The number of allylic oxidation sites excluding steroid dienone is 1. The van der Waals surface area contributed by atoms with Gasteiger partial charge in [0.2, 0.25) is 11.9 Å². The molecule has 3 saturated carbocycles. The van der Waals surface area contributed by atoms with Gasteiger partial charge in [0.15, 0.2) is 0 Å². The average Bonchev–Trinajstić information content (AvgIpc) is 2.80. The average molecular weight is 287 g/mol. The fraction of sp³-hybridized carbons (Fsp3) is 0.667. The molecular formula is C15H21N5O. The van der Waals surface area contributed by atoms with Crippen LogP contribution < -0.4 is 10.2 Å². The molecule has 1 aromatic heterocycles. The summed E-state index contributed by atoms with van der Waals surface area (Å²) in [6, 6.07) is 0. The lowest BCUT2D eigenvalue weighted by atomic mass is 9.36. The smallest absolute Gasteiger partial charge is 0.240 e. The predicted molar refractivity (Wildman–Crippen MR) is 78.5 cm³/mol. The summed E-state index contributed by atoms with van der Waals surface area (Å²) in [6.45, 7) is 5.60. The van der Waals surface area contributed by atoms with Gasteiger partial charge < -0.3 is 10.2 Å². The Balaban J connectivity index is 1.36. The first-order chi connectivity index (χ1) is 10.0. The second kappa shape index (κ2) is 4.08. The van der Waals surface area contributed by atoms with Crippen LogP contribution in [0.2, 0.25) is 0 Å². The molecule has 0 radical (unpaired) electrons. The molecule has 2 bridgehead atoms. The van der Waals surface area contributed by atoms with Crippen LogP contribution in [-0.2, 0) is 11.3 Å². The maximum absolute atomic E-state index is 12.3. The molecule has 0 unspecified atom stereocenters. The van der Waals surface area contributed by atoms with E-state index in [9.17, 15) is 4.79 Å². The lowest BCUT2D eigenvalue weighted by molar-refractivity contribution is -0.186. The number of aromatic nitrogens is 3. The van der Waals surface area contributed by atoms with Gasteiger partial charge in [-0.1, -0.05) is 13.8 Å². The zero-order chi connectivity index (χ0) is 14.7. The second-order valence-corrected chi connectivity index (χ2v) is 7.13. The van der Waals surface area contributed by atoms with E-state index in [1.54, 1.807) is 4.68 Å². The van der Waals surface area contributed by atoms with Gasteiger partial charge >= 0.3 is 0 Å². The minimum absolute atomic E-state index is 0.0770. The van der Waals surface area contributed by atoms with E-state index >= 15 is 0 Å². The molecule has 5 rings (SSSR count). The molecule has 1 N–H and O–H groups in total. The third-order valence-electron chi connectivity index (χ3n) is 5.43. The van der Waals surface area contributed by atoms with E-state index in [0.29, 0.717) is 18.5 Å². The van der Waals surface area contributed by atoms with Gasteiger partial charge in [0.05, 0.1) is 6.54 Å². The summed E-state index contributed by atoms with van der Waals surface area (Å²) in [6.07, 6.45) is 8.88. The van der Waals surface area contributed by atoms with Crippen molar-refractivity contribution in [2.24, 2.45) is 11.3 Å². The van der Waals surface area contributed by atoms with E-state index in [-0.39, 0.29) is 11.4 Å². The maximum Gasteiger partial charge on any atom is 0.240 e. The normalized spacial score (nSPS) is 32.4. The van der Waals surface area contributed by atoms with Crippen molar-refractivity contribution >= 4 is 11.9 Å². The molecule has 3 fully saturated rings. The van der Waals surface area contributed by atoms with Gasteiger partial charge in [0, 0.05) is 11.7 Å². The van der Waals surface area contributed by atoms with E-state index in [4.69, 9.17) is 0 Å². The van der Waals surface area contributed by atoms with Crippen LogP contribution in [0.15, 0.2) is 18.6 Å². The Labute approximate surface area is 124 Å². The highest BCUT2D eigenvalue weighted by molar-refractivity contribution is 5.82. The van der Waals surface area contributed by atoms with Crippen molar-refractivity contribution in [3.05, 3.63) is 18.6 Å². The number of rotatable bonds is 4. The highest BCUT2D eigenvalue weighted by Gasteiger charge is 2.69. The number of hydrogen-bond donors (Lipinski definition) is 1. The first-order valence-electron chi connectivity index (χ1n) is 7.64. The quantitative estimate of drug-likeness (QED) is 0.907. The van der Waals surface area contributed by atoms with Crippen LogP contribution in [0.4, 0.5) is 5.95 Å². The number of nitrogens with zero attached hydrogens (tertiary/aromatic N) is 4. The Morgan fingerprint density at radius 1 is 1.43 bits per heavy atom. The highest BCUT2D eigenvalue weighted by Crippen LogP contribution is 2.70. The SMILES string of the molecule is CC(C)C12CC(NC(=O)CN3C=CCn4ncnc43)(C1)C2. The number of hydrogen-bond acceptors (Lipinski definition) is 4. The van der Waals surface area contributed by atoms with Gasteiger partial charge in [-0.2, -0.15) is 10.1 Å². The number of fused-ring (bicyclic) bond motifs is 1.